The van der Waals surface area contributed by atoms with Gasteiger partial charge in [0.05, 0.1) is 10.9 Å². The molecule has 1 amide bonds. The molecule has 0 aromatic heterocycles. The van der Waals surface area contributed by atoms with E-state index in [0.717, 1.165) is 5.56 Å². The summed E-state index contributed by atoms with van der Waals surface area (Å²) in [6.07, 6.45) is 6.64. The Morgan fingerprint density at radius 3 is 2.35 bits per heavy atom. The summed E-state index contributed by atoms with van der Waals surface area (Å²) >= 11 is 0. The first-order valence-electron chi connectivity index (χ1n) is 6.07. The average Bonchev–Trinajstić information content (AvgIpc) is 2.38. The number of carbonyl (C=O) groups is 1. The third-order valence-electron chi connectivity index (χ3n) is 2.62. The van der Waals surface area contributed by atoms with Gasteiger partial charge in [-0.2, -0.15) is 0 Å². The second-order valence-electron chi connectivity index (χ2n) is 4.23. The van der Waals surface area contributed by atoms with Crippen molar-refractivity contribution in [3.05, 3.63) is 54.1 Å². The molecule has 0 heterocycles. The highest BCUT2D eigenvalue weighted by atomic mass is 32.2. The average molecular weight is 294 g/mol. The molecule has 0 saturated heterocycles. The first-order chi connectivity index (χ1) is 9.34. The van der Waals surface area contributed by atoms with Gasteiger partial charge in [0.15, 0.2) is 0 Å². The summed E-state index contributed by atoms with van der Waals surface area (Å²) in [5.41, 5.74) is 0.796. The standard InChI is InChI=1S/C14H18N2O3S/c1-3-4-5-6-14(17)16-11(2)12-7-9-13(10-8-12)20(15,18)19/h3-11H,1-2H3,(H,16,17)(H2,15,18,19)/b4-3+,6-5-/t11-/m0/s1. The maximum Gasteiger partial charge on any atom is 0.244 e. The molecule has 1 atom stereocenters. The van der Waals surface area contributed by atoms with Crippen molar-refractivity contribution in [2.75, 3.05) is 0 Å². The summed E-state index contributed by atoms with van der Waals surface area (Å²) in [7, 11) is -3.69. The van der Waals surface area contributed by atoms with Crippen molar-refractivity contribution in [1.82, 2.24) is 5.32 Å². The fraction of sp³-hybridized carbons (Fsp3) is 0.214. The largest absolute Gasteiger partial charge is 0.346 e. The highest BCUT2D eigenvalue weighted by molar-refractivity contribution is 7.89. The van der Waals surface area contributed by atoms with Crippen LogP contribution < -0.4 is 10.5 Å². The zero-order valence-electron chi connectivity index (χ0n) is 11.4. The monoisotopic (exact) mass is 294 g/mol. The summed E-state index contributed by atoms with van der Waals surface area (Å²) in [6, 6.07) is 5.86. The van der Waals surface area contributed by atoms with Crippen LogP contribution in [0.15, 0.2) is 53.5 Å². The van der Waals surface area contributed by atoms with Gasteiger partial charge in [-0.25, -0.2) is 13.6 Å². The van der Waals surface area contributed by atoms with Crippen LogP contribution in [0.1, 0.15) is 25.5 Å². The molecule has 0 aliphatic heterocycles. The Bertz CT molecular complexity index is 616. The minimum Gasteiger partial charge on any atom is -0.346 e. The number of primary sulfonamides is 1. The van der Waals surface area contributed by atoms with E-state index in [-0.39, 0.29) is 16.8 Å². The Balaban J connectivity index is 2.73. The molecule has 0 fully saturated rings. The van der Waals surface area contributed by atoms with Crippen molar-refractivity contribution in [2.24, 2.45) is 5.14 Å². The fourth-order valence-corrected chi connectivity index (χ4v) is 2.06. The number of hydrogen-bond donors (Lipinski definition) is 2. The van der Waals surface area contributed by atoms with Gasteiger partial charge in [-0.1, -0.05) is 30.4 Å². The van der Waals surface area contributed by atoms with Gasteiger partial charge in [0.25, 0.3) is 0 Å². The molecule has 0 radical (unpaired) electrons. The van der Waals surface area contributed by atoms with Gasteiger partial charge < -0.3 is 5.32 Å². The van der Waals surface area contributed by atoms with Gasteiger partial charge in [0.1, 0.15) is 0 Å². The van der Waals surface area contributed by atoms with Gasteiger partial charge in [-0.15, -0.1) is 0 Å². The molecule has 0 saturated carbocycles. The molecular weight excluding hydrogens is 276 g/mol. The van der Waals surface area contributed by atoms with E-state index < -0.39 is 10.0 Å². The molecule has 0 aliphatic carbocycles. The number of allylic oxidation sites excluding steroid dienone is 3. The third kappa shape index (κ3) is 4.99. The highest BCUT2D eigenvalue weighted by Gasteiger charge is 2.10. The van der Waals surface area contributed by atoms with Crippen molar-refractivity contribution >= 4 is 15.9 Å². The predicted molar refractivity (Wildman–Crippen MR) is 78.3 cm³/mol. The molecule has 1 rings (SSSR count). The van der Waals surface area contributed by atoms with E-state index in [1.165, 1.54) is 18.2 Å². The number of nitrogens with one attached hydrogen (secondary N) is 1. The van der Waals surface area contributed by atoms with E-state index in [0.29, 0.717) is 0 Å². The molecule has 0 aliphatic rings. The smallest absolute Gasteiger partial charge is 0.244 e. The molecule has 0 spiro atoms. The lowest BCUT2D eigenvalue weighted by atomic mass is 10.1. The lowest BCUT2D eigenvalue weighted by molar-refractivity contribution is -0.117. The summed E-state index contributed by atoms with van der Waals surface area (Å²) < 4.78 is 22.3. The number of amides is 1. The van der Waals surface area contributed by atoms with E-state index in [1.807, 2.05) is 19.9 Å². The Kier molecular flexibility index (Phi) is 5.66. The molecule has 0 bridgehead atoms. The number of nitrogens with two attached hydrogens (primary N) is 1. The molecule has 1 aromatic carbocycles. The first-order valence-corrected chi connectivity index (χ1v) is 7.62. The van der Waals surface area contributed by atoms with Crippen LogP contribution in [0, 0.1) is 0 Å². The fourth-order valence-electron chi connectivity index (χ4n) is 1.55. The quantitative estimate of drug-likeness (QED) is 0.639. The van der Waals surface area contributed by atoms with Gasteiger partial charge >= 0.3 is 0 Å². The molecular formula is C14H18N2O3S. The second kappa shape index (κ2) is 7.02. The molecule has 0 unspecified atom stereocenters. The van der Waals surface area contributed by atoms with Crippen LogP contribution >= 0.6 is 0 Å². The van der Waals surface area contributed by atoms with E-state index >= 15 is 0 Å². The Labute approximate surface area is 119 Å². The summed E-state index contributed by atoms with van der Waals surface area (Å²) in [6.45, 7) is 3.67. The zero-order valence-corrected chi connectivity index (χ0v) is 12.2. The number of benzene rings is 1. The molecule has 20 heavy (non-hydrogen) atoms. The lowest BCUT2D eigenvalue weighted by Crippen LogP contribution is -2.24. The second-order valence-corrected chi connectivity index (χ2v) is 5.79. The summed E-state index contributed by atoms with van der Waals surface area (Å²) in [4.78, 5) is 11.6. The number of rotatable bonds is 5. The summed E-state index contributed by atoms with van der Waals surface area (Å²) in [5, 5.41) is 7.79. The summed E-state index contributed by atoms with van der Waals surface area (Å²) in [5.74, 6) is -0.217. The van der Waals surface area contributed by atoms with Crippen molar-refractivity contribution in [3.8, 4) is 0 Å². The van der Waals surface area contributed by atoms with Crippen LogP contribution in [-0.4, -0.2) is 14.3 Å². The topological polar surface area (TPSA) is 89.3 Å². The molecule has 6 heteroatoms. The van der Waals surface area contributed by atoms with Crippen LogP contribution in [-0.2, 0) is 14.8 Å². The molecule has 5 nitrogen and oxygen atoms in total. The van der Waals surface area contributed by atoms with Gasteiger partial charge in [0, 0.05) is 6.08 Å². The maximum atomic E-state index is 11.6. The van der Waals surface area contributed by atoms with E-state index in [1.54, 1.807) is 24.3 Å². The minimum absolute atomic E-state index is 0.0488. The van der Waals surface area contributed by atoms with Crippen molar-refractivity contribution in [3.63, 3.8) is 0 Å². The SMILES string of the molecule is C/C=C/C=C\C(=O)N[C@@H](C)c1ccc(S(N)(=O)=O)cc1. The van der Waals surface area contributed by atoms with E-state index in [4.69, 9.17) is 5.14 Å². The normalized spacial score (nSPS) is 13.8. The molecule has 1 aromatic rings. The van der Waals surface area contributed by atoms with Gasteiger partial charge in [0.2, 0.25) is 15.9 Å². The lowest BCUT2D eigenvalue weighted by Gasteiger charge is -2.13. The predicted octanol–water partition coefficient (Wildman–Crippen LogP) is 1.64. The van der Waals surface area contributed by atoms with E-state index in [2.05, 4.69) is 5.32 Å². The van der Waals surface area contributed by atoms with E-state index in [9.17, 15) is 13.2 Å². The van der Waals surface area contributed by atoms with Crippen molar-refractivity contribution in [2.45, 2.75) is 24.8 Å². The first kappa shape index (κ1) is 16.1. The highest BCUT2D eigenvalue weighted by Crippen LogP contribution is 2.15. The van der Waals surface area contributed by atoms with Crippen molar-refractivity contribution < 1.29 is 13.2 Å². The van der Waals surface area contributed by atoms with Crippen LogP contribution in [0.4, 0.5) is 0 Å². The van der Waals surface area contributed by atoms with Gasteiger partial charge in [-0.05, 0) is 31.5 Å². The minimum atomic E-state index is -3.69. The number of carbonyl (C=O) groups excluding carboxylic acids is 1. The molecule has 3 N–H and O–H groups in total. The van der Waals surface area contributed by atoms with Crippen LogP contribution in [0.2, 0.25) is 0 Å². The maximum absolute atomic E-state index is 11.6. The molecule has 108 valence electrons. The van der Waals surface area contributed by atoms with Crippen LogP contribution in [0.5, 0.6) is 0 Å². The Hall–Kier alpha value is -1.92. The van der Waals surface area contributed by atoms with Crippen LogP contribution in [0.3, 0.4) is 0 Å². The van der Waals surface area contributed by atoms with Crippen LogP contribution in [0.25, 0.3) is 0 Å². The zero-order chi connectivity index (χ0) is 15.2. The Morgan fingerprint density at radius 2 is 1.85 bits per heavy atom. The third-order valence-corrected chi connectivity index (χ3v) is 3.55. The van der Waals surface area contributed by atoms with Crippen molar-refractivity contribution in [1.29, 1.82) is 0 Å². The number of sulfonamides is 1. The number of hydrogen-bond acceptors (Lipinski definition) is 3. The Morgan fingerprint density at radius 1 is 1.25 bits per heavy atom. The van der Waals surface area contributed by atoms with Gasteiger partial charge in [-0.3, -0.25) is 4.79 Å².